The van der Waals surface area contributed by atoms with Crippen LogP contribution in [0.5, 0.6) is 0 Å². The number of halogens is 4. The molecule has 13 heavy (non-hydrogen) atoms. The Morgan fingerprint density at radius 3 is 1.77 bits per heavy atom. The largest absolute Gasteiger partial charge is 0.365 e. The molecule has 1 aromatic heterocycles. The van der Waals surface area contributed by atoms with Crippen LogP contribution < -0.4 is 5.73 Å². The second kappa shape index (κ2) is 3.00. The molecule has 70 valence electrons. The average Bonchev–Trinajstić information content (AvgIpc) is 2.01. The summed E-state index contributed by atoms with van der Waals surface area (Å²) in [5, 5.41) is 0. The zero-order valence-corrected chi connectivity index (χ0v) is 5.94. The molecule has 0 saturated carbocycles. The van der Waals surface area contributed by atoms with Gasteiger partial charge < -0.3 is 5.73 Å². The van der Waals surface area contributed by atoms with Gasteiger partial charge in [0.1, 0.15) is 5.56 Å². The molecule has 7 heteroatoms. The molecule has 0 atom stereocenters. The number of hydrogen-bond acceptors (Lipinski definition) is 2. The molecule has 3 nitrogen and oxygen atoms in total. The number of nitrogens with zero attached hydrogens (tertiary/aromatic N) is 1. The fourth-order valence-corrected chi connectivity index (χ4v) is 0.703. The van der Waals surface area contributed by atoms with Gasteiger partial charge >= 0.3 is 0 Å². The van der Waals surface area contributed by atoms with Gasteiger partial charge in [-0.05, 0) is 0 Å². The van der Waals surface area contributed by atoms with Crippen LogP contribution in [0.4, 0.5) is 17.6 Å². The summed E-state index contributed by atoms with van der Waals surface area (Å²) in [4.78, 5) is 12.6. The van der Waals surface area contributed by atoms with Gasteiger partial charge in [-0.15, -0.1) is 0 Å². The fraction of sp³-hybridized carbons (Fsp3) is 0. The molecule has 2 N–H and O–H groups in total. The molecule has 1 heterocycles. The molecule has 1 aromatic rings. The number of nitrogens with two attached hydrogens (primary N) is 1. The van der Waals surface area contributed by atoms with Gasteiger partial charge in [-0.3, -0.25) is 4.79 Å². The van der Waals surface area contributed by atoms with E-state index in [4.69, 9.17) is 0 Å². The summed E-state index contributed by atoms with van der Waals surface area (Å²) >= 11 is 0. The third-order valence-corrected chi connectivity index (χ3v) is 1.24. The number of carbonyl (C=O) groups excluding carboxylic acids is 1. The van der Waals surface area contributed by atoms with Crippen LogP contribution in [0.3, 0.4) is 0 Å². The first-order chi connectivity index (χ1) is 5.95. The maximum atomic E-state index is 12.5. The monoisotopic (exact) mass is 194 g/mol. The second-order valence-electron chi connectivity index (χ2n) is 2.06. The minimum atomic E-state index is -1.91. The summed E-state index contributed by atoms with van der Waals surface area (Å²) in [6.45, 7) is 0. The molecule has 0 spiro atoms. The van der Waals surface area contributed by atoms with Crippen LogP contribution in [0, 0.1) is 23.5 Å². The van der Waals surface area contributed by atoms with Gasteiger partial charge in [0.05, 0.1) is 0 Å². The summed E-state index contributed by atoms with van der Waals surface area (Å²) < 4.78 is 49.7. The predicted molar refractivity (Wildman–Crippen MR) is 32.6 cm³/mol. The summed E-state index contributed by atoms with van der Waals surface area (Å²) in [6, 6.07) is 0. The fourth-order valence-electron chi connectivity index (χ4n) is 0.703. The Morgan fingerprint density at radius 1 is 1.08 bits per heavy atom. The van der Waals surface area contributed by atoms with Crippen molar-refractivity contribution in [3.05, 3.63) is 29.1 Å². The van der Waals surface area contributed by atoms with Crippen LogP contribution in [0.1, 0.15) is 10.4 Å². The van der Waals surface area contributed by atoms with Gasteiger partial charge in [-0.25, -0.2) is 8.78 Å². The Morgan fingerprint density at radius 2 is 1.46 bits per heavy atom. The number of carbonyl (C=O) groups is 1. The number of aromatic nitrogens is 1. The van der Waals surface area contributed by atoms with Crippen LogP contribution in [0.2, 0.25) is 0 Å². The highest BCUT2D eigenvalue weighted by Gasteiger charge is 2.24. The van der Waals surface area contributed by atoms with Crippen molar-refractivity contribution < 1.29 is 22.4 Å². The third kappa shape index (κ3) is 1.44. The molecule has 1 rings (SSSR count). The lowest BCUT2D eigenvalue weighted by molar-refractivity contribution is 0.0988. The van der Waals surface area contributed by atoms with Crippen LogP contribution in [-0.4, -0.2) is 10.9 Å². The van der Waals surface area contributed by atoms with E-state index in [2.05, 4.69) is 10.7 Å². The Kier molecular flexibility index (Phi) is 2.18. The van der Waals surface area contributed by atoms with Crippen molar-refractivity contribution in [3.63, 3.8) is 0 Å². The molecule has 0 radical (unpaired) electrons. The number of primary amides is 1. The molecule has 0 aromatic carbocycles. The Labute approximate surface area is 69.2 Å². The maximum Gasteiger partial charge on any atom is 0.255 e. The maximum absolute atomic E-state index is 12.5. The topological polar surface area (TPSA) is 56.0 Å². The van der Waals surface area contributed by atoms with Gasteiger partial charge in [0.15, 0.2) is 11.6 Å². The van der Waals surface area contributed by atoms with E-state index in [0.717, 1.165) is 0 Å². The minimum Gasteiger partial charge on any atom is -0.365 e. The molecular weight excluding hydrogens is 192 g/mol. The molecular formula is C6H2F4N2O. The van der Waals surface area contributed by atoms with Gasteiger partial charge in [0.25, 0.3) is 17.8 Å². The first kappa shape index (κ1) is 9.43. The van der Waals surface area contributed by atoms with Crippen molar-refractivity contribution in [3.8, 4) is 0 Å². The third-order valence-electron chi connectivity index (χ3n) is 1.24. The molecule has 1 amide bonds. The molecule has 0 unspecified atom stereocenters. The van der Waals surface area contributed by atoms with Crippen molar-refractivity contribution in [1.82, 2.24) is 4.98 Å². The molecule has 0 aliphatic rings. The number of amides is 1. The minimum absolute atomic E-state index is 1.47. The highest BCUT2D eigenvalue weighted by atomic mass is 19.2. The highest BCUT2D eigenvalue weighted by molar-refractivity contribution is 5.93. The Balaban J connectivity index is 3.56. The van der Waals surface area contributed by atoms with Crippen LogP contribution >= 0.6 is 0 Å². The average molecular weight is 194 g/mol. The highest BCUT2D eigenvalue weighted by Crippen LogP contribution is 2.15. The molecule has 0 saturated heterocycles. The smallest absolute Gasteiger partial charge is 0.255 e. The normalized spacial score (nSPS) is 10.2. The van der Waals surface area contributed by atoms with Crippen molar-refractivity contribution in [2.45, 2.75) is 0 Å². The lowest BCUT2D eigenvalue weighted by Crippen LogP contribution is -2.18. The van der Waals surface area contributed by atoms with Gasteiger partial charge in [-0.1, -0.05) is 0 Å². The van der Waals surface area contributed by atoms with Crippen molar-refractivity contribution in [1.29, 1.82) is 0 Å². The van der Waals surface area contributed by atoms with Crippen LogP contribution in [0.15, 0.2) is 0 Å². The SMILES string of the molecule is NC(=O)c1c(F)c(F)nc(F)c1F. The van der Waals surface area contributed by atoms with E-state index in [-0.39, 0.29) is 0 Å². The van der Waals surface area contributed by atoms with E-state index in [1.54, 1.807) is 0 Å². The second-order valence-corrected chi connectivity index (χ2v) is 2.06. The number of pyridine rings is 1. The first-order valence-electron chi connectivity index (χ1n) is 2.95. The van der Waals surface area contributed by atoms with E-state index in [1.807, 2.05) is 0 Å². The van der Waals surface area contributed by atoms with E-state index in [0.29, 0.717) is 0 Å². The van der Waals surface area contributed by atoms with E-state index in [1.165, 1.54) is 0 Å². The summed E-state index contributed by atoms with van der Waals surface area (Å²) in [7, 11) is 0. The van der Waals surface area contributed by atoms with Gasteiger partial charge in [0, 0.05) is 0 Å². The van der Waals surface area contributed by atoms with E-state index < -0.39 is 35.0 Å². The molecule has 0 bridgehead atoms. The molecule has 0 aliphatic heterocycles. The Hall–Kier alpha value is -1.66. The standard InChI is InChI=1S/C6H2F4N2O/c7-2-1(6(11)13)3(8)5(10)12-4(2)9/h(H2,11,13). The zero-order valence-electron chi connectivity index (χ0n) is 5.94. The summed E-state index contributed by atoms with van der Waals surface area (Å²) in [6.07, 6.45) is 0. The Bertz CT molecular complexity index is 353. The lowest BCUT2D eigenvalue weighted by atomic mass is 10.2. The van der Waals surface area contributed by atoms with Crippen LogP contribution in [0.25, 0.3) is 0 Å². The van der Waals surface area contributed by atoms with Gasteiger partial charge in [-0.2, -0.15) is 13.8 Å². The number of rotatable bonds is 1. The summed E-state index contributed by atoms with van der Waals surface area (Å²) in [5.41, 5.74) is 3.01. The number of hydrogen-bond donors (Lipinski definition) is 1. The van der Waals surface area contributed by atoms with Crippen molar-refractivity contribution in [2.24, 2.45) is 5.73 Å². The molecule has 0 fully saturated rings. The van der Waals surface area contributed by atoms with E-state index in [9.17, 15) is 22.4 Å². The predicted octanol–water partition coefficient (Wildman–Crippen LogP) is 0.737. The molecule has 0 aliphatic carbocycles. The zero-order chi connectivity index (χ0) is 10.2. The van der Waals surface area contributed by atoms with E-state index >= 15 is 0 Å². The quantitative estimate of drug-likeness (QED) is 0.529. The summed E-state index contributed by atoms with van der Waals surface area (Å²) in [5.74, 6) is -9.21. The lowest BCUT2D eigenvalue weighted by Gasteiger charge is -2.00. The first-order valence-corrected chi connectivity index (χ1v) is 2.95. The van der Waals surface area contributed by atoms with Crippen LogP contribution in [-0.2, 0) is 0 Å². The van der Waals surface area contributed by atoms with Crippen molar-refractivity contribution in [2.75, 3.05) is 0 Å². The van der Waals surface area contributed by atoms with Gasteiger partial charge in [0.2, 0.25) is 0 Å². The van der Waals surface area contributed by atoms with Crippen molar-refractivity contribution >= 4 is 5.91 Å².